The van der Waals surface area contributed by atoms with Crippen molar-refractivity contribution in [2.24, 2.45) is 5.41 Å². The molecule has 16 heavy (non-hydrogen) atoms. The first-order valence-electron chi connectivity index (χ1n) is 4.90. The number of pyridine rings is 1. The van der Waals surface area contributed by atoms with Crippen molar-refractivity contribution in [3.63, 3.8) is 0 Å². The van der Waals surface area contributed by atoms with Gasteiger partial charge in [-0.2, -0.15) is 0 Å². The number of rotatable bonds is 4. The van der Waals surface area contributed by atoms with Crippen molar-refractivity contribution in [2.45, 2.75) is 13.8 Å². The van der Waals surface area contributed by atoms with Gasteiger partial charge in [0.25, 0.3) is 5.91 Å². The van der Waals surface area contributed by atoms with Crippen LogP contribution in [-0.4, -0.2) is 23.3 Å². The van der Waals surface area contributed by atoms with Gasteiger partial charge in [0, 0.05) is 23.1 Å². The van der Waals surface area contributed by atoms with Gasteiger partial charge in [-0.15, -0.1) is 11.6 Å². The predicted molar refractivity (Wildman–Crippen MR) is 68.8 cm³/mol. The van der Waals surface area contributed by atoms with Crippen LogP contribution in [-0.2, 0) is 0 Å². The van der Waals surface area contributed by atoms with E-state index in [1.807, 2.05) is 13.8 Å². The van der Waals surface area contributed by atoms with E-state index in [4.69, 9.17) is 11.6 Å². The molecule has 88 valence electrons. The molecule has 0 atom stereocenters. The molecular weight excluding hydrogens is 291 g/mol. The Morgan fingerprint density at radius 1 is 1.56 bits per heavy atom. The Balaban J connectivity index is 2.56. The van der Waals surface area contributed by atoms with E-state index in [0.717, 1.165) is 4.47 Å². The zero-order chi connectivity index (χ0) is 12.2. The highest BCUT2D eigenvalue weighted by Gasteiger charge is 2.18. The Morgan fingerprint density at radius 2 is 2.25 bits per heavy atom. The Labute approximate surface area is 109 Å². The molecule has 0 saturated heterocycles. The van der Waals surface area contributed by atoms with E-state index in [1.54, 1.807) is 18.3 Å². The Hall–Kier alpha value is -0.610. The number of halogens is 2. The first kappa shape index (κ1) is 13.5. The van der Waals surface area contributed by atoms with Crippen molar-refractivity contribution < 1.29 is 4.79 Å². The van der Waals surface area contributed by atoms with Gasteiger partial charge >= 0.3 is 0 Å². The van der Waals surface area contributed by atoms with Crippen LogP contribution < -0.4 is 5.32 Å². The van der Waals surface area contributed by atoms with Gasteiger partial charge in [-0.25, -0.2) is 4.98 Å². The molecule has 0 bridgehead atoms. The number of hydrogen-bond acceptors (Lipinski definition) is 2. The van der Waals surface area contributed by atoms with E-state index in [1.165, 1.54) is 0 Å². The number of hydrogen-bond donors (Lipinski definition) is 1. The van der Waals surface area contributed by atoms with Crippen molar-refractivity contribution in [2.75, 3.05) is 12.4 Å². The summed E-state index contributed by atoms with van der Waals surface area (Å²) in [6.07, 6.45) is 1.60. The fraction of sp³-hybridized carbons (Fsp3) is 0.455. The lowest BCUT2D eigenvalue weighted by Gasteiger charge is -2.21. The molecule has 0 fully saturated rings. The monoisotopic (exact) mass is 304 g/mol. The Kier molecular flexibility index (Phi) is 4.74. The average Bonchev–Trinajstić information content (AvgIpc) is 2.27. The van der Waals surface area contributed by atoms with Crippen LogP contribution in [0.5, 0.6) is 0 Å². The summed E-state index contributed by atoms with van der Waals surface area (Å²) in [5, 5.41) is 2.81. The maximum absolute atomic E-state index is 11.7. The Morgan fingerprint density at radius 3 is 2.75 bits per heavy atom. The maximum atomic E-state index is 11.7. The average molecular weight is 306 g/mol. The normalized spacial score (nSPS) is 11.2. The van der Waals surface area contributed by atoms with Crippen LogP contribution in [0.2, 0.25) is 0 Å². The lowest BCUT2D eigenvalue weighted by atomic mass is 9.96. The summed E-state index contributed by atoms with van der Waals surface area (Å²) in [7, 11) is 0. The van der Waals surface area contributed by atoms with E-state index < -0.39 is 0 Å². The topological polar surface area (TPSA) is 42.0 Å². The van der Waals surface area contributed by atoms with Crippen molar-refractivity contribution >= 4 is 33.4 Å². The summed E-state index contributed by atoms with van der Waals surface area (Å²) in [5.74, 6) is 0.326. The van der Waals surface area contributed by atoms with E-state index in [-0.39, 0.29) is 11.3 Å². The largest absolute Gasteiger partial charge is 0.350 e. The van der Waals surface area contributed by atoms with Crippen molar-refractivity contribution in [1.29, 1.82) is 0 Å². The molecule has 0 unspecified atom stereocenters. The molecule has 0 spiro atoms. The van der Waals surface area contributed by atoms with Crippen LogP contribution in [0.15, 0.2) is 22.8 Å². The standard InChI is InChI=1S/C11H14BrClN2O/c1-11(2,6-13)7-15-10(16)9-4-3-8(12)5-14-9/h3-5H,6-7H2,1-2H3,(H,15,16). The number of alkyl halides is 1. The summed E-state index contributed by atoms with van der Waals surface area (Å²) < 4.78 is 0.852. The number of carbonyl (C=O) groups excluding carboxylic acids is 1. The number of nitrogens with one attached hydrogen (secondary N) is 1. The molecular formula is C11H14BrClN2O. The highest BCUT2D eigenvalue weighted by atomic mass is 79.9. The van der Waals surface area contributed by atoms with E-state index in [0.29, 0.717) is 18.1 Å². The van der Waals surface area contributed by atoms with Gasteiger partial charge in [0.2, 0.25) is 0 Å². The van der Waals surface area contributed by atoms with Crippen molar-refractivity contribution in [1.82, 2.24) is 10.3 Å². The minimum Gasteiger partial charge on any atom is -0.350 e. The van der Waals surface area contributed by atoms with Crippen LogP contribution in [0.3, 0.4) is 0 Å². The fourth-order valence-electron chi connectivity index (χ4n) is 0.967. The van der Waals surface area contributed by atoms with Crippen LogP contribution in [0, 0.1) is 5.41 Å². The molecule has 3 nitrogen and oxygen atoms in total. The number of nitrogens with zero attached hydrogens (tertiary/aromatic N) is 1. The van der Waals surface area contributed by atoms with Crippen molar-refractivity contribution in [3.05, 3.63) is 28.5 Å². The van der Waals surface area contributed by atoms with Crippen LogP contribution in [0.25, 0.3) is 0 Å². The first-order chi connectivity index (χ1) is 7.44. The van der Waals surface area contributed by atoms with E-state index in [9.17, 15) is 4.79 Å². The minimum absolute atomic E-state index is 0.105. The zero-order valence-corrected chi connectivity index (χ0v) is 11.6. The third-order valence-electron chi connectivity index (χ3n) is 2.05. The van der Waals surface area contributed by atoms with Crippen molar-refractivity contribution in [3.8, 4) is 0 Å². The van der Waals surface area contributed by atoms with Crippen LogP contribution >= 0.6 is 27.5 Å². The number of amides is 1. The van der Waals surface area contributed by atoms with Gasteiger partial charge < -0.3 is 5.32 Å². The van der Waals surface area contributed by atoms with Gasteiger partial charge in [-0.3, -0.25) is 4.79 Å². The lowest BCUT2D eigenvalue weighted by molar-refractivity contribution is 0.0935. The third-order valence-corrected chi connectivity index (χ3v) is 3.24. The van der Waals surface area contributed by atoms with E-state index in [2.05, 4.69) is 26.2 Å². The van der Waals surface area contributed by atoms with Gasteiger partial charge in [-0.05, 0) is 33.5 Å². The summed E-state index contributed by atoms with van der Waals surface area (Å²) in [5.41, 5.74) is 0.306. The number of aromatic nitrogens is 1. The van der Waals surface area contributed by atoms with Gasteiger partial charge in [0.1, 0.15) is 5.69 Å². The molecule has 1 N–H and O–H groups in total. The number of carbonyl (C=O) groups is 1. The highest BCUT2D eigenvalue weighted by Crippen LogP contribution is 2.15. The summed E-state index contributed by atoms with van der Waals surface area (Å²) in [6.45, 7) is 4.53. The van der Waals surface area contributed by atoms with Crippen LogP contribution in [0.4, 0.5) is 0 Å². The summed E-state index contributed by atoms with van der Waals surface area (Å²) >= 11 is 9.04. The molecule has 1 amide bonds. The summed E-state index contributed by atoms with van der Waals surface area (Å²) in [4.78, 5) is 15.7. The smallest absolute Gasteiger partial charge is 0.269 e. The lowest BCUT2D eigenvalue weighted by Crippen LogP contribution is -2.35. The second kappa shape index (κ2) is 5.64. The quantitative estimate of drug-likeness (QED) is 0.869. The van der Waals surface area contributed by atoms with Gasteiger partial charge in [0.05, 0.1) is 0 Å². The molecule has 1 aromatic rings. The molecule has 1 aromatic heterocycles. The molecule has 1 rings (SSSR count). The molecule has 0 aliphatic carbocycles. The zero-order valence-electron chi connectivity index (χ0n) is 9.26. The second-order valence-electron chi connectivity index (χ2n) is 4.34. The summed E-state index contributed by atoms with van der Waals surface area (Å²) in [6, 6.07) is 3.46. The minimum atomic E-state index is -0.175. The molecule has 5 heteroatoms. The highest BCUT2D eigenvalue weighted by molar-refractivity contribution is 9.10. The Bertz CT molecular complexity index is 365. The molecule has 0 radical (unpaired) electrons. The first-order valence-corrected chi connectivity index (χ1v) is 6.23. The fourth-order valence-corrected chi connectivity index (χ4v) is 1.30. The van der Waals surface area contributed by atoms with Gasteiger partial charge in [0.15, 0.2) is 0 Å². The van der Waals surface area contributed by atoms with Gasteiger partial charge in [-0.1, -0.05) is 13.8 Å². The molecule has 0 aliphatic heterocycles. The van der Waals surface area contributed by atoms with E-state index >= 15 is 0 Å². The maximum Gasteiger partial charge on any atom is 0.269 e. The molecule has 0 aliphatic rings. The molecule has 1 heterocycles. The molecule has 0 saturated carbocycles. The molecule has 0 aromatic carbocycles. The predicted octanol–water partition coefficient (Wildman–Crippen LogP) is 2.84. The SMILES string of the molecule is CC(C)(CCl)CNC(=O)c1ccc(Br)cn1. The van der Waals surface area contributed by atoms with Crippen LogP contribution in [0.1, 0.15) is 24.3 Å². The second-order valence-corrected chi connectivity index (χ2v) is 5.53. The third kappa shape index (κ3) is 4.10.